The molecule has 3 rings (SSSR count). The first-order valence-electron chi connectivity index (χ1n) is 8.27. The maximum Gasteiger partial charge on any atom is 0.254 e. The van der Waals surface area contributed by atoms with Gasteiger partial charge in [0.1, 0.15) is 0 Å². The van der Waals surface area contributed by atoms with Crippen molar-refractivity contribution >= 4 is 17.5 Å². The van der Waals surface area contributed by atoms with E-state index in [-0.39, 0.29) is 18.0 Å². The van der Waals surface area contributed by atoms with E-state index < -0.39 is 0 Å². The monoisotopic (exact) mass is 346 g/mol. The predicted octanol–water partition coefficient (Wildman–Crippen LogP) is 3.09. The molecule has 128 valence electrons. The molecule has 1 saturated heterocycles. The van der Waals surface area contributed by atoms with Crippen molar-refractivity contribution < 1.29 is 4.79 Å². The molecule has 0 saturated carbocycles. The summed E-state index contributed by atoms with van der Waals surface area (Å²) in [5, 5.41) is 5.11. The topological polar surface area (TPSA) is 64.2 Å². The van der Waals surface area contributed by atoms with Crippen LogP contribution in [0.4, 0.5) is 0 Å². The maximum atomic E-state index is 12.7. The summed E-state index contributed by atoms with van der Waals surface area (Å²) in [6, 6.07) is 7.89. The van der Waals surface area contributed by atoms with E-state index in [1.165, 1.54) is 0 Å². The van der Waals surface area contributed by atoms with Crippen LogP contribution in [0.25, 0.3) is 5.69 Å². The SMILES string of the molecule is Cc1nn(-c2ccc(C(=O)N3CC[C@@H](N)C[C@@H]3C)cc2)c(C)c1Cl. The van der Waals surface area contributed by atoms with Gasteiger partial charge in [-0.15, -0.1) is 0 Å². The number of carbonyl (C=O) groups is 1. The first-order chi connectivity index (χ1) is 11.4. The molecule has 0 aliphatic carbocycles. The standard InChI is InChI=1S/C18H23ClN4O/c1-11-10-15(20)8-9-22(11)18(24)14-4-6-16(7-5-14)23-13(3)17(19)12(2)21-23/h4-7,11,15H,8-10,20H2,1-3H3/t11-,15+/m0/s1. The molecule has 5 nitrogen and oxygen atoms in total. The van der Waals surface area contributed by atoms with Gasteiger partial charge in [0.25, 0.3) is 5.91 Å². The molecule has 2 N–H and O–H groups in total. The molecule has 0 spiro atoms. The van der Waals surface area contributed by atoms with E-state index in [4.69, 9.17) is 17.3 Å². The number of likely N-dealkylation sites (tertiary alicyclic amines) is 1. The number of piperidine rings is 1. The molecule has 0 radical (unpaired) electrons. The molecular formula is C18H23ClN4O. The van der Waals surface area contributed by atoms with Gasteiger partial charge in [-0.05, 0) is 57.9 Å². The van der Waals surface area contributed by atoms with Crippen LogP contribution in [0.5, 0.6) is 0 Å². The van der Waals surface area contributed by atoms with Crippen molar-refractivity contribution in [3.05, 3.63) is 46.2 Å². The number of aromatic nitrogens is 2. The average molecular weight is 347 g/mol. The van der Waals surface area contributed by atoms with Gasteiger partial charge in [-0.1, -0.05) is 11.6 Å². The number of halogens is 1. The van der Waals surface area contributed by atoms with E-state index in [1.54, 1.807) is 4.68 Å². The molecule has 1 aromatic heterocycles. The number of rotatable bonds is 2. The molecule has 1 amide bonds. The largest absolute Gasteiger partial charge is 0.336 e. The molecule has 1 aliphatic rings. The van der Waals surface area contributed by atoms with Crippen LogP contribution in [0.1, 0.15) is 41.5 Å². The van der Waals surface area contributed by atoms with E-state index in [0.717, 1.165) is 36.5 Å². The quantitative estimate of drug-likeness (QED) is 0.908. The van der Waals surface area contributed by atoms with Crippen molar-refractivity contribution in [2.45, 2.75) is 45.7 Å². The summed E-state index contributed by atoms with van der Waals surface area (Å²) in [4.78, 5) is 14.6. The number of hydrogen-bond donors (Lipinski definition) is 1. The third-order valence-corrected chi connectivity index (χ3v) is 5.29. The lowest BCUT2D eigenvalue weighted by atomic mass is 9.98. The number of hydrogen-bond acceptors (Lipinski definition) is 3. The maximum absolute atomic E-state index is 12.7. The van der Waals surface area contributed by atoms with Crippen molar-refractivity contribution in [1.29, 1.82) is 0 Å². The number of carbonyl (C=O) groups excluding carboxylic acids is 1. The minimum Gasteiger partial charge on any atom is -0.336 e. The highest BCUT2D eigenvalue weighted by Crippen LogP contribution is 2.23. The van der Waals surface area contributed by atoms with Crippen LogP contribution in [-0.2, 0) is 0 Å². The molecule has 2 heterocycles. The minimum absolute atomic E-state index is 0.0624. The van der Waals surface area contributed by atoms with Crippen LogP contribution < -0.4 is 5.73 Å². The van der Waals surface area contributed by atoms with Gasteiger partial charge >= 0.3 is 0 Å². The van der Waals surface area contributed by atoms with Gasteiger partial charge in [-0.2, -0.15) is 5.10 Å². The number of benzene rings is 1. The summed E-state index contributed by atoms with van der Waals surface area (Å²) in [5.41, 5.74) is 9.26. The molecule has 1 fully saturated rings. The fourth-order valence-corrected chi connectivity index (χ4v) is 3.41. The van der Waals surface area contributed by atoms with Gasteiger partial charge in [-0.3, -0.25) is 4.79 Å². The molecule has 24 heavy (non-hydrogen) atoms. The van der Waals surface area contributed by atoms with E-state index in [9.17, 15) is 4.79 Å². The summed E-state index contributed by atoms with van der Waals surface area (Å²) in [7, 11) is 0. The highest BCUT2D eigenvalue weighted by Gasteiger charge is 2.27. The molecule has 1 aliphatic heterocycles. The molecular weight excluding hydrogens is 324 g/mol. The van der Waals surface area contributed by atoms with Gasteiger partial charge in [0, 0.05) is 24.2 Å². The fraction of sp³-hybridized carbons (Fsp3) is 0.444. The zero-order chi connectivity index (χ0) is 17.4. The Kier molecular flexibility index (Phi) is 4.65. The van der Waals surface area contributed by atoms with Crippen LogP contribution in [0.15, 0.2) is 24.3 Å². The Hall–Kier alpha value is -1.85. The van der Waals surface area contributed by atoms with Gasteiger partial charge in [0.05, 0.1) is 22.1 Å². The molecule has 1 aromatic carbocycles. The molecule has 2 aromatic rings. The van der Waals surface area contributed by atoms with E-state index in [0.29, 0.717) is 10.6 Å². The average Bonchev–Trinajstić information content (AvgIpc) is 2.82. The van der Waals surface area contributed by atoms with Crippen molar-refractivity contribution in [2.24, 2.45) is 5.73 Å². The highest BCUT2D eigenvalue weighted by molar-refractivity contribution is 6.31. The van der Waals surface area contributed by atoms with Crippen LogP contribution in [-0.4, -0.2) is 39.2 Å². The number of nitrogens with two attached hydrogens (primary N) is 1. The Labute approximate surface area is 147 Å². The first-order valence-corrected chi connectivity index (χ1v) is 8.65. The predicted molar refractivity (Wildman–Crippen MR) is 95.8 cm³/mol. The molecule has 2 atom stereocenters. The normalized spacial score (nSPS) is 21.1. The van der Waals surface area contributed by atoms with Crippen LogP contribution in [0.3, 0.4) is 0 Å². The zero-order valence-electron chi connectivity index (χ0n) is 14.3. The summed E-state index contributed by atoms with van der Waals surface area (Å²) in [6.45, 7) is 6.59. The lowest BCUT2D eigenvalue weighted by molar-refractivity contribution is 0.0619. The molecule has 0 unspecified atom stereocenters. The third-order valence-electron chi connectivity index (χ3n) is 4.74. The van der Waals surface area contributed by atoms with Gasteiger partial charge in [-0.25, -0.2) is 4.68 Å². The van der Waals surface area contributed by atoms with Gasteiger partial charge in [0.15, 0.2) is 0 Å². The Balaban J connectivity index is 1.81. The summed E-state index contributed by atoms with van der Waals surface area (Å²) in [6.07, 6.45) is 1.71. The Morgan fingerprint density at radius 2 is 1.96 bits per heavy atom. The van der Waals surface area contributed by atoms with Crippen molar-refractivity contribution in [3.63, 3.8) is 0 Å². The van der Waals surface area contributed by atoms with Crippen LogP contribution in [0.2, 0.25) is 5.02 Å². The summed E-state index contributed by atoms with van der Waals surface area (Å²) < 4.78 is 1.80. The van der Waals surface area contributed by atoms with Gasteiger partial charge in [0.2, 0.25) is 0 Å². The van der Waals surface area contributed by atoms with E-state index >= 15 is 0 Å². The number of amides is 1. The highest BCUT2D eigenvalue weighted by atomic mass is 35.5. The van der Waals surface area contributed by atoms with E-state index in [2.05, 4.69) is 12.0 Å². The Morgan fingerprint density at radius 1 is 1.29 bits per heavy atom. The third kappa shape index (κ3) is 3.06. The number of nitrogens with zero attached hydrogens (tertiary/aromatic N) is 3. The summed E-state index contributed by atoms with van der Waals surface area (Å²) >= 11 is 6.21. The fourth-order valence-electron chi connectivity index (χ4n) is 3.30. The van der Waals surface area contributed by atoms with E-state index in [1.807, 2.05) is 43.0 Å². The lowest BCUT2D eigenvalue weighted by Crippen LogP contribution is -2.48. The lowest BCUT2D eigenvalue weighted by Gasteiger charge is -2.36. The van der Waals surface area contributed by atoms with Crippen molar-refractivity contribution in [3.8, 4) is 5.69 Å². The Morgan fingerprint density at radius 3 is 2.50 bits per heavy atom. The van der Waals surface area contributed by atoms with Crippen LogP contribution in [0, 0.1) is 13.8 Å². The molecule has 0 bridgehead atoms. The Bertz CT molecular complexity index is 753. The number of aryl methyl sites for hydroxylation is 1. The van der Waals surface area contributed by atoms with Crippen molar-refractivity contribution in [2.75, 3.05) is 6.54 Å². The minimum atomic E-state index is 0.0624. The van der Waals surface area contributed by atoms with Crippen LogP contribution >= 0.6 is 11.6 Å². The second kappa shape index (κ2) is 6.57. The zero-order valence-corrected chi connectivity index (χ0v) is 15.0. The second-order valence-electron chi connectivity index (χ2n) is 6.58. The molecule has 6 heteroatoms. The second-order valence-corrected chi connectivity index (χ2v) is 6.95. The first kappa shape index (κ1) is 17.0. The van der Waals surface area contributed by atoms with Crippen molar-refractivity contribution in [1.82, 2.24) is 14.7 Å². The smallest absolute Gasteiger partial charge is 0.254 e. The summed E-state index contributed by atoms with van der Waals surface area (Å²) in [5.74, 6) is 0.0624. The van der Waals surface area contributed by atoms with Gasteiger partial charge < -0.3 is 10.6 Å².